The molecular weight excluding hydrogens is 228 g/mol. The van der Waals surface area contributed by atoms with Crippen molar-refractivity contribution in [2.24, 2.45) is 5.73 Å². The molecule has 0 saturated heterocycles. The Hall–Kier alpha value is -1.19. The molecule has 0 fully saturated rings. The fourth-order valence-corrected chi connectivity index (χ4v) is 2.79. The molecule has 1 aromatic heterocycles. The highest BCUT2D eigenvalue weighted by molar-refractivity contribution is 7.09. The topological polar surface area (TPSA) is 38.9 Å². The molecule has 0 aliphatic carbocycles. The lowest BCUT2D eigenvalue weighted by molar-refractivity contribution is 0.711. The third kappa shape index (κ3) is 2.93. The molecule has 2 rings (SSSR count). The molecule has 1 atom stereocenters. The summed E-state index contributed by atoms with van der Waals surface area (Å²) in [6.45, 7) is 6.23. The van der Waals surface area contributed by atoms with Gasteiger partial charge in [0.15, 0.2) is 0 Å². The standard InChI is InChI=1S/C14H18N2S/c1-9-4-5-10(2)12(6-9)13(15)7-14-16-11(3)8-17-14/h4-6,8,13H,7,15H2,1-3H3. The number of thiazole rings is 1. The van der Waals surface area contributed by atoms with Crippen molar-refractivity contribution in [2.75, 3.05) is 0 Å². The van der Waals surface area contributed by atoms with E-state index in [1.54, 1.807) is 11.3 Å². The quantitative estimate of drug-likeness (QED) is 0.902. The molecule has 0 radical (unpaired) electrons. The largest absolute Gasteiger partial charge is 0.324 e. The molecule has 2 nitrogen and oxygen atoms in total. The van der Waals surface area contributed by atoms with Gasteiger partial charge >= 0.3 is 0 Å². The van der Waals surface area contributed by atoms with Gasteiger partial charge in [-0.1, -0.05) is 23.8 Å². The number of rotatable bonds is 3. The van der Waals surface area contributed by atoms with Crippen LogP contribution >= 0.6 is 11.3 Å². The first-order valence-electron chi connectivity index (χ1n) is 5.80. The lowest BCUT2D eigenvalue weighted by Gasteiger charge is -2.14. The number of nitrogens with two attached hydrogens (primary N) is 1. The maximum atomic E-state index is 6.27. The zero-order valence-corrected chi connectivity index (χ0v) is 11.3. The Kier molecular flexibility index (Phi) is 3.60. The average Bonchev–Trinajstić information content (AvgIpc) is 2.67. The zero-order valence-electron chi connectivity index (χ0n) is 10.5. The van der Waals surface area contributed by atoms with Crippen molar-refractivity contribution >= 4 is 11.3 Å². The van der Waals surface area contributed by atoms with Crippen LogP contribution in [0.4, 0.5) is 0 Å². The molecule has 3 heteroatoms. The van der Waals surface area contributed by atoms with Crippen molar-refractivity contribution in [3.8, 4) is 0 Å². The Bertz CT molecular complexity index is 517. The smallest absolute Gasteiger partial charge is 0.0947 e. The van der Waals surface area contributed by atoms with Crippen molar-refractivity contribution in [1.29, 1.82) is 0 Å². The van der Waals surface area contributed by atoms with Gasteiger partial charge < -0.3 is 5.73 Å². The van der Waals surface area contributed by atoms with Crippen LogP contribution in [0, 0.1) is 20.8 Å². The summed E-state index contributed by atoms with van der Waals surface area (Å²) in [5, 5.41) is 3.20. The van der Waals surface area contributed by atoms with Crippen LogP contribution in [0.2, 0.25) is 0 Å². The Morgan fingerprint density at radius 3 is 2.71 bits per heavy atom. The maximum absolute atomic E-state index is 6.27. The molecule has 90 valence electrons. The first kappa shape index (κ1) is 12.3. The summed E-state index contributed by atoms with van der Waals surface area (Å²) in [5.41, 5.74) is 11.1. The second kappa shape index (κ2) is 4.98. The fourth-order valence-electron chi connectivity index (χ4n) is 1.95. The molecule has 17 heavy (non-hydrogen) atoms. The second-order valence-electron chi connectivity index (χ2n) is 4.55. The summed E-state index contributed by atoms with van der Waals surface area (Å²) in [4.78, 5) is 4.47. The normalized spacial score (nSPS) is 12.7. The van der Waals surface area contributed by atoms with Crippen LogP contribution in [-0.2, 0) is 6.42 Å². The van der Waals surface area contributed by atoms with E-state index < -0.39 is 0 Å². The van der Waals surface area contributed by atoms with Gasteiger partial charge in [-0.25, -0.2) is 4.98 Å². The van der Waals surface area contributed by atoms with Crippen molar-refractivity contribution in [3.05, 3.63) is 51.0 Å². The van der Waals surface area contributed by atoms with Crippen molar-refractivity contribution in [1.82, 2.24) is 4.98 Å². The Balaban J connectivity index is 2.19. The minimum absolute atomic E-state index is 0.0421. The van der Waals surface area contributed by atoms with Crippen LogP contribution in [0.25, 0.3) is 0 Å². The fraction of sp³-hybridized carbons (Fsp3) is 0.357. The molecule has 0 amide bonds. The van der Waals surface area contributed by atoms with Gasteiger partial charge in [-0.05, 0) is 31.9 Å². The van der Waals surface area contributed by atoms with Crippen LogP contribution in [-0.4, -0.2) is 4.98 Å². The highest BCUT2D eigenvalue weighted by Gasteiger charge is 2.12. The SMILES string of the molecule is Cc1ccc(C)c(C(N)Cc2nc(C)cs2)c1. The van der Waals surface area contributed by atoms with Gasteiger partial charge in [0.05, 0.1) is 5.01 Å². The Morgan fingerprint density at radius 2 is 2.06 bits per heavy atom. The molecule has 0 spiro atoms. The maximum Gasteiger partial charge on any atom is 0.0947 e. The van der Waals surface area contributed by atoms with E-state index >= 15 is 0 Å². The van der Waals surface area contributed by atoms with Crippen LogP contribution in [0.15, 0.2) is 23.6 Å². The number of hydrogen-bond donors (Lipinski definition) is 1. The summed E-state index contributed by atoms with van der Waals surface area (Å²) < 4.78 is 0. The monoisotopic (exact) mass is 246 g/mol. The summed E-state index contributed by atoms with van der Waals surface area (Å²) in [5.74, 6) is 0. The Labute approximate surface area is 107 Å². The molecule has 0 aliphatic heterocycles. The van der Waals surface area contributed by atoms with Crippen molar-refractivity contribution in [2.45, 2.75) is 33.2 Å². The summed E-state index contributed by atoms with van der Waals surface area (Å²) >= 11 is 1.69. The van der Waals surface area contributed by atoms with Gasteiger partial charge in [0.1, 0.15) is 0 Å². The number of benzene rings is 1. The number of hydrogen-bond acceptors (Lipinski definition) is 3. The third-order valence-electron chi connectivity index (χ3n) is 2.90. The van der Waals surface area contributed by atoms with Crippen molar-refractivity contribution < 1.29 is 0 Å². The third-order valence-corrected chi connectivity index (χ3v) is 3.88. The van der Waals surface area contributed by atoms with Gasteiger partial charge in [0, 0.05) is 23.5 Å². The molecule has 2 N–H and O–H groups in total. The van der Waals surface area contributed by atoms with Gasteiger partial charge in [-0.2, -0.15) is 0 Å². The van der Waals surface area contributed by atoms with Gasteiger partial charge in [0.25, 0.3) is 0 Å². The van der Waals surface area contributed by atoms with Crippen molar-refractivity contribution in [3.63, 3.8) is 0 Å². The molecule has 0 bridgehead atoms. The van der Waals surface area contributed by atoms with Gasteiger partial charge in [-0.15, -0.1) is 11.3 Å². The van der Waals surface area contributed by atoms with E-state index in [-0.39, 0.29) is 6.04 Å². The van der Waals surface area contributed by atoms with E-state index in [9.17, 15) is 0 Å². The highest BCUT2D eigenvalue weighted by atomic mass is 32.1. The lowest BCUT2D eigenvalue weighted by Crippen LogP contribution is -2.14. The molecule has 1 aromatic carbocycles. The van der Waals surface area contributed by atoms with E-state index in [1.807, 2.05) is 6.92 Å². The van der Waals surface area contributed by atoms with E-state index in [0.717, 1.165) is 17.1 Å². The van der Waals surface area contributed by atoms with E-state index in [2.05, 4.69) is 42.4 Å². The highest BCUT2D eigenvalue weighted by Crippen LogP contribution is 2.22. The minimum Gasteiger partial charge on any atom is -0.324 e. The molecule has 2 aromatic rings. The average molecular weight is 246 g/mol. The Morgan fingerprint density at radius 1 is 1.29 bits per heavy atom. The number of aromatic nitrogens is 1. The number of aryl methyl sites for hydroxylation is 3. The molecule has 0 saturated carbocycles. The van der Waals surface area contributed by atoms with Crippen LogP contribution in [0.3, 0.4) is 0 Å². The summed E-state index contributed by atoms with van der Waals surface area (Å²) in [7, 11) is 0. The minimum atomic E-state index is 0.0421. The van der Waals surface area contributed by atoms with E-state index in [1.165, 1.54) is 16.7 Å². The summed E-state index contributed by atoms with van der Waals surface area (Å²) in [6, 6.07) is 6.48. The summed E-state index contributed by atoms with van der Waals surface area (Å²) in [6.07, 6.45) is 0.822. The first-order chi connectivity index (χ1) is 8.06. The van der Waals surface area contributed by atoms with Crippen LogP contribution < -0.4 is 5.73 Å². The second-order valence-corrected chi connectivity index (χ2v) is 5.50. The predicted octanol–water partition coefficient (Wildman–Crippen LogP) is 3.31. The van der Waals surface area contributed by atoms with Crippen LogP contribution in [0.5, 0.6) is 0 Å². The van der Waals surface area contributed by atoms with E-state index in [0.29, 0.717) is 0 Å². The van der Waals surface area contributed by atoms with Gasteiger partial charge in [-0.3, -0.25) is 0 Å². The number of nitrogens with zero attached hydrogens (tertiary/aromatic N) is 1. The van der Waals surface area contributed by atoms with Crippen LogP contribution in [0.1, 0.15) is 33.4 Å². The van der Waals surface area contributed by atoms with E-state index in [4.69, 9.17) is 5.73 Å². The molecule has 1 unspecified atom stereocenters. The van der Waals surface area contributed by atoms with Gasteiger partial charge in [0.2, 0.25) is 0 Å². The molecular formula is C14H18N2S. The molecule has 0 aliphatic rings. The first-order valence-corrected chi connectivity index (χ1v) is 6.68. The molecule has 1 heterocycles. The predicted molar refractivity (Wildman–Crippen MR) is 73.4 cm³/mol. The lowest BCUT2D eigenvalue weighted by atomic mass is 9.98. The zero-order chi connectivity index (χ0) is 12.4.